The third-order valence-electron chi connectivity index (χ3n) is 2.60. The van der Waals surface area contributed by atoms with Crippen molar-refractivity contribution >= 4 is 33.1 Å². The van der Waals surface area contributed by atoms with Crippen LogP contribution in [0.3, 0.4) is 0 Å². The molecule has 0 aliphatic rings. The third-order valence-corrected chi connectivity index (χ3v) is 4.60. The second-order valence-electron chi connectivity index (χ2n) is 4.10. The van der Waals surface area contributed by atoms with Gasteiger partial charge in [-0.05, 0) is 49.3 Å². The first-order chi connectivity index (χ1) is 9.06. The highest BCUT2D eigenvalue weighted by Crippen LogP contribution is 2.20. The lowest BCUT2D eigenvalue weighted by molar-refractivity contribution is 0.410. The van der Waals surface area contributed by atoms with Crippen LogP contribution in [-0.2, 0) is 10.0 Å². The van der Waals surface area contributed by atoms with Gasteiger partial charge in [-0.15, -0.1) is 0 Å². The zero-order valence-electron chi connectivity index (χ0n) is 11.2. The molecule has 0 aliphatic carbocycles. The smallest absolute Gasteiger partial charge is 0.207 e. The van der Waals surface area contributed by atoms with Gasteiger partial charge >= 0.3 is 0 Å². The second-order valence-corrected chi connectivity index (χ2v) is 6.22. The largest absolute Gasteiger partial charge is 0.243 e. The van der Waals surface area contributed by atoms with Gasteiger partial charge in [0.05, 0.1) is 15.7 Å². The summed E-state index contributed by atoms with van der Waals surface area (Å²) in [5.41, 5.74) is 0.603. The van der Waals surface area contributed by atoms with Crippen LogP contribution in [0.25, 0.3) is 0 Å². The Morgan fingerprint density at radius 1 is 1.16 bits per heavy atom. The van der Waals surface area contributed by atoms with Crippen molar-refractivity contribution in [2.75, 3.05) is 13.1 Å². The monoisotopic (exact) mass is 298 g/mol. The topological polar surface area (TPSA) is 49.7 Å². The first kappa shape index (κ1) is 16.0. The molecule has 0 N–H and O–H groups in total. The van der Waals surface area contributed by atoms with Crippen LogP contribution in [0.2, 0.25) is 0 Å². The highest BCUT2D eigenvalue weighted by atomic mass is 32.2. The molecular formula is C13H18N2O2S2. The molecule has 6 heteroatoms. The standard InChI is InChI=1S/C13H18N2O2S2/c1-3-9-15(10-4-2)19(16,17)13-7-5-12(6-8-13)14-11-18/h5-8H,3-4,9-10H2,1-2H3. The van der Waals surface area contributed by atoms with Crippen LogP contribution in [0, 0.1) is 0 Å². The minimum atomic E-state index is -3.41. The number of rotatable bonds is 7. The van der Waals surface area contributed by atoms with Crippen molar-refractivity contribution in [1.82, 2.24) is 4.31 Å². The second kappa shape index (κ2) is 7.50. The van der Waals surface area contributed by atoms with Gasteiger partial charge in [-0.25, -0.2) is 8.42 Å². The molecule has 1 aromatic rings. The van der Waals surface area contributed by atoms with Crippen LogP contribution < -0.4 is 0 Å². The number of thiocarbonyl (C=S) groups is 1. The van der Waals surface area contributed by atoms with Gasteiger partial charge in [-0.2, -0.15) is 9.30 Å². The van der Waals surface area contributed by atoms with Gasteiger partial charge in [0.25, 0.3) is 0 Å². The highest BCUT2D eigenvalue weighted by Gasteiger charge is 2.22. The number of nitrogens with zero attached hydrogens (tertiary/aromatic N) is 2. The third kappa shape index (κ3) is 4.21. The zero-order chi connectivity index (χ0) is 14.3. The highest BCUT2D eigenvalue weighted by molar-refractivity contribution is 7.89. The normalized spacial score (nSPS) is 11.3. The summed E-state index contributed by atoms with van der Waals surface area (Å²) in [6.07, 6.45) is 1.60. The van der Waals surface area contributed by atoms with Crippen LogP contribution in [0.4, 0.5) is 5.69 Å². The van der Waals surface area contributed by atoms with E-state index in [1.54, 1.807) is 24.3 Å². The van der Waals surface area contributed by atoms with E-state index in [9.17, 15) is 8.42 Å². The summed E-state index contributed by atoms with van der Waals surface area (Å²) in [4.78, 5) is 4.09. The van der Waals surface area contributed by atoms with E-state index < -0.39 is 10.0 Å². The molecule has 1 aromatic carbocycles. The average Bonchev–Trinajstić information content (AvgIpc) is 2.39. The molecule has 0 saturated heterocycles. The summed E-state index contributed by atoms with van der Waals surface area (Å²) in [5.74, 6) is 0. The fraction of sp³-hybridized carbons (Fsp3) is 0.462. The summed E-state index contributed by atoms with van der Waals surface area (Å²) >= 11 is 4.51. The van der Waals surface area contributed by atoms with E-state index >= 15 is 0 Å². The average molecular weight is 298 g/mol. The van der Waals surface area contributed by atoms with Crippen molar-refractivity contribution in [2.24, 2.45) is 4.99 Å². The van der Waals surface area contributed by atoms with E-state index in [-0.39, 0.29) is 4.90 Å². The van der Waals surface area contributed by atoms with Crippen LogP contribution in [-0.4, -0.2) is 31.0 Å². The predicted molar refractivity (Wildman–Crippen MR) is 80.5 cm³/mol. The molecule has 0 unspecified atom stereocenters. The van der Waals surface area contributed by atoms with E-state index in [2.05, 4.69) is 22.4 Å². The Balaban J connectivity index is 3.06. The van der Waals surface area contributed by atoms with E-state index in [4.69, 9.17) is 0 Å². The van der Waals surface area contributed by atoms with Gasteiger partial charge in [-0.3, -0.25) is 0 Å². The maximum absolute atomic E-state index is 12.4. The molecule has 0 amide bonds. The molecule has 0 fully saturated rings. The maximum Gasteiger partial charge on any atom is 0.243 e. The summed E-state index contributed by atoms with van der Waals surface area (Å²) in [6.45, 7) is 5.01. The lowest BCUT2D eigenvalue weighted by atomic mass is 10.3. The Labute approximate surface area is 120 Å². The minimum Gasteiger partial charge on any atom is -0.207 e. The maximum atomic E-state index is 12.4. The molecule has 0 bridgehead atoms. The SMILES string of the molecule is CCCN(CCC)S(=O)(=O)c1ccc(N=C=S)cc1. The number of hydrogen-bond acceptors (Lipinski definition) is 4. The van der Waals surface area contributed by atoms with Crippen molar-refractivity contribution in [3.63, 3.8) is 0 Å². The zero-order valence-corrected chi connectivity index (χ0v) is 12.8. The fourth-order valence-electron chi connectivity index (χ4n) is 1.75. The van der Waals surface area contributed by atoms with Crippen LogP contribution in [0.1, 0.15) is 26.7 Å². The first-order valence-electron chi connectivity index (χ1n) is 6.24. The number of aliphatic imine (C=N–C) groups is 1. The van der Waals surface area contributed by atoms with E-state index in [1.165, 1.54) is 4.31 Å². The van der Waals surface area contributed by atoms with Gasteiger partial charge in [0.1, 0.15) is 0 Å². The summed E-state index contributed by atoms with van der Waals surface area (Å²) in [6, 6.07) is 6.36. The molecule has 0 spiro atoms. The molecule has 1 rings (SSSR count). The summed E-state index contributed by atoms with van der Waals surface area (Å²) in [7, 11) is -3.41. The number of sulfonamides is 1. The summed E-state index contributed by atoms with van der Waals surface area (Å²) in [5, 5.41) is 2.25. The molecule has 0 aromatic heterocycles. The van der Waals surface area contributed by atoms with Crippen molar-refractivity contribution < 1.29 is 8.42 Å². The van der Waals surface area contributed by atoms with Crippen LogP contribution in [0.5, 0.6) is 0 Å². The van der Waals surface area contributed by atoms with Crippen molar-refractivity contribution in [3.8, 4) is 0 Å². The van der Waals surface area contributed by atoms with Crippen molar-refractivity contribution in [2.45, 2.75) is 31.6 Å². The van der Waals surface area contributed by atoms with Gasteiger partial charge in [0.2, 0.25) is 10.0 Å². The quantitative estimate of drug-likeness (QED) is 0.573. The molecule has 0 aliphatic heterocycles. The molecule has 0 saturated carbocycles. The van der Waals surface area contributed by atoms with Crippen molar-refractivity contribution in [3.05, 3.63) is 24.3 Å². The first-order valence-corrected chi connectivity index (χ1v) is 8.09. The molecular weight excluding hydrogens is 280 g/mol. The van der Waals surface area contributed by atoms with Gasteiger partial charge in [0, 0.05) is 13.1 Å². The molecule has 0 atom stereocenters. The Hall–Kier alpha value is -1.07. The van der Waals surface area contributed by atoms with E-state index in [1.807, 2.05) is 13.8 Å². The number of isothiocyanates is 1. The van der Waals surface area contributed by atoms with E-state index in [0.717, 1.165) is 12.8 Å². The van der Waals surface area contributed by atoms with Crippen molar-refractivity contribution in [1.29, 1.82) is 0 Å². The Kier molecular flexibility index (Phi) is 6.31. The lowest BCUT2D eigenvalue weighted by Gasteiger charge is -2.20. The Bertz CT molecular complexity index is 541. The van der Waals surface area contributed by atoms with E-state index in [0.29, 0.717) is 18.8 Å². The molecule has 0 heterocycles. The van der Waals surface area contributed by atoms with Crippen LogP contribution in [0.15, 0.2) is 34.2 Å². The molecule has 4 nitrogen and oxygen atoms in total. The van der Waals surface area contributed by atoms with Gasteiger partial charge < -0.3 is 0 Å². The Morgan fingerprint density at radius 2 is 1.68 bits per heavy atom. The van der Waals surface area contributed by atoms with Gasteiger partial charge in [0.15, 0.2) is 0 Å². The lowest BCUT2D eigenvalue weighted by Crippen LogP contribution is -2.32. The summed E-state index contributed by atoms with van der Waals surface area (Å²) < 4.78 is 26.4. The molecule has 104 valence electrons. The minimum absolute atomic E-state index is 0.290. The fourth-order valence-corrected chi connectivity index (χ4v) is 3.47. The van der Waals surface area contributed by atoms with Gasteiger partial charge in [-0.1, -0.05) is 13.8 Å². The molecule has 19 heavy (non-hydrogen) atoms. The number of hydrogen-bond donors (Lipinski definition) is 0. The molecule has 0 radical (unpaired) electrons. The Morgan fingerprint density at radius 3 is 2.11 bits per heavy atom. The number of benzene rings is 1. The predicted octanol–water partition coefficient (Wildman–Crippen LogP) is 3.23. The van der Waals surface area contributed by atoms with Crippen LogP contribution >= 0.6 is 12.2 Å².